The van der Waals surface area contributed by atoms with Crippen LogP contribution in [0.3, 0.4) is 0 Å². The van der Waals surface area contributed by atoms with Crippen molar-refractivity contribution in [2.75, 3.05) is 6.61 Å². The molecule has 0 fully saturated rings. The first kappa shape index (κ1) is 66.8. The van der Waals surface area contributed by atoms with E-state index in [2.05, 4.69) is 43.5 Å². The quantitative estimate of drug-likeness (QED) is 0.0308. The second-order valence-corrected chi connectivity index (χ2v) is 21.4. The maximum Gasteiger partial charge on any atom is 0.249 e. The minimum atomic E-state index is -1.26. The Morgan fingerprint density at radius 3 is 1.00 bits per heavy atom. The Morgan fingerprint density at radius 2 is 0.676 bits per heavy atom. The van der Waals surface area contributed by atoms with E-state index in [9.17, 15) is 25.2 Å². The maximum atomic E-state index is 12.6. The molecule has 5 N–H and O–H groups in total. The van der Waals surface area contributed by atoms with Crippen LogP contribution in [0, 0.1) is 0 Å². The van der Waals surface area contributed by atoms with Gasteiger partial charge in [0.25, 0.3) is 0 Å². The highest BCUT2D eigenvalue weighted by Gasteiger charge is 2.28. The molecule has 0 aliphatic heterocycles. The van der Waals surface area contributed by atoms with Crippen molar-refractivity contribution in [3.63, 3.8) is 0 Å². The summed E-state index contributed by atoms with van der Waals surface area (Å²) in [5.41, 5.74) is 0. The standard InChI is InChI=1S/C62H121NO5/c1-3-5-7-9-11-13-15-17-19-21-23-25-26-27-28-29-30-31-32-33-34-35-36-38-39-41-43-45-47-49-51-53-55-59(65)61(67)58(57-64)63-62(68)60(66)56-54-52-50-48-46-44-42-40-37-24-22-20-18-16-14-12-10-8-6-4-2/h6,8,12,14,58-61,64-67H,3-5,7,9-11,13,15-57H2,1-2H3,(H,63,68)/b8-6-,14-12-. The van der Waals surface area contributed by atoms with Crippen molar-refractivity contribution in [1.82, 2.24) is 5.32 Å². The highest BCUT2D eigenvalue weighted by Crippen LogP contribution is 2.19. The molecule has 0 heterocycles. The van der Waals surface area contributed by atoms with Crippen LogP contribution >= 0.6 is 0 Å². The Labute approximate surface area is 425 Å². The Balaban J connectivity index is 3.54. The highest BCUT2D eigenvalue weighted by molar-refractivity contribution is 5.80. The minimum Gasteiger partial charge on any atom is -0.394 e. The minimum absolute atomic E-state index is 0.370. The molecule has 404 valence electrons. The molecule has 6 heteroatoms. The molecule has 0 saturated heterocycles. The third-order valence-corrected chi connectivity index (χ3v) is 14.7. The molecular formula is C62H121NO5. The van der Waals surface area contributed by atoms with E-state index in [1.54, 1.807) is 0 Å². The average molecular weight is 961 g/mol. The number of hydrogen-bond donors (Lipinski definition) is 5. The molecule has 4 atom stereocenters. The van der Waals surface area contributed by atoms with Gasteiger partial charge in [0.15, 0.2) is 0 Å². The summed E-state index contributed by atoms with van der Waals surface area (Å²) in [5, 5.41) is 44.1. The number of carbonyl (C=O) groups is 1. The number of aliphatic hydroxyl groups excluding tert-OH is 4. The normalized spacial score (nSPS) is 13.8. The van der Waals surface area contributed by atoms with Crippen LogP contribution in [0.15, 0.2) is 24.3 Å². The van der Waals surface area contributed by atoms with Gasteiger partial charge in [-0.2, -0.15) is 0 Å². The van der Waals surface area contributed by atoms with Crippen LogP contribution in [-0.4, -0.2) is 57.3 Å². The van der Waals surface area contributed by atoms with Crippen molar-refractivity contribution in [1.29, 1.82) is 0 Å². The van der Waals surface area contributed by atoms with Gasteiger partial charge >= 0.3 is 0 Å². The fraction of sp³-hybridized carbons (Fsp3) is 0.919. The molecule has 0 radical (unpaired) electrons. The SMILES string of the molecule is CC/C=C\C/C=C\CCCCCCCCCCCCCCCC(O)C(=O)NC(CO)C(O)C(O)CCCCCCCCCCCCCCCCCCCCCCCCCCCCCCCCCC. The van der Waals surface area contributed by atoms with Gasteiger partial charge in [-0.15, -0.1) is 0 Å². The van der Waals surface area contributed by atoms with Gasteiger partial charge in [-0.3, -0.25) is 4.79 Å². The van der Waals surface area contributed by atoms with Crippen LogP contribution in [0.25, 0.3) is 0 Å². The predicted molar refractivity (Wildman–Crippen MR) is 298 cm³/mol. The zero-order valence-corrected chi connectivity index (χ0v) is 45.9. The van der Waals surface area contributed by atoms with Gasteiger partial charge in [-0.25, -0.2) is 0 Å². The first-order valence-electron chi connectivity index (χ1n) is 30.7. The fourth-order valence-electron chi connectivity index (χ4n) is 9.92. The highest BCUT2D eigenvalue weighted by atomic mass is 16.3. The number of rotatable bonds is 57. The fourth-order valence-corrected chi connectivity index (χ4v) is 9.92. The van der Waals surface area contributed by atoms with Crippen LogP contribution in [0.2, 0.25) is 0 Å². The molecule has 68 heavy (non-hydrogen) atoms. The van der Waals surface area contributed by atoms with Crippen molar-refractivity contribution in [3.05, 3.63) is 24.3 Å². The van der Waals surface area contributed by atoms with Gasteiger partial charge in [0, 0.05) is 0 Å². The van der Waals surface area contributed by atoms with Crippen molar-refractivity contribution in [3.8, 4) is 0 Å². The van der Waals surface area contributed by atoms with Gasteiger partial charge in [0.1, 0.15) is 12.2 Å². The van der Waals surface area contributed by atoms with Crippen molar-refractivity contribution in [2.45, 2.75) is 359 Å². The number of amides is 1. The molecule has 0 rings (SSSR count). The lowest BCUT2D eigenvalue weighted by Gasteiger charge is -2.27. The first-order valence-corrected chi connectivity index (χ1v) is 30.7. The second kappa shape index (κ2) is 56.7. The van der Waals surface area contributed by atoms with Crippen LogP contribution in [0.1, 0.15) is 335 Å². The molecule has 0 aromatic heterocycles. The topological polar surface area (TPSA) is 110 Å². The van der Waals surface area contributed by atoms with Crippen molar-refractivity contribution in [2.24, 2.45) is 0 Å². The lowest BCUT2D eigenvalue weighted by Crippen LogP contribution is -2.53. The van der Waals surface area contributed by atoms with Crippen LogP contribution in [0.5, 0.6) is 0 Å². The maximum absolute atomic E-state index is 12.6. The van der Waals surface area contributed by atoms with Gasteiger partial charge in [-0.05, 0) is 38.5 Å². The predicted octanol–water partition coefficient (Wildman–Crippen LogP) is 18.2. The molecule has 1 amide bonds. The van der Waals surface area contributed by atoms with Gasteiger partial charge in [0.05, 0.1) is 18.8 Å². The van der Waals surface area contributed by atoms with E-state index in [0.29, 0.717) is 12.8 Å². The average Bonchev–Trinajstić information content (AvgIpc) is 3.34. The Kier molecular flexibility index (Phi) is 55.7. The summed E-state index contributed by atoms with van der Waals surface area (Å²) < 4.78 is 0. The van der Waals surface area contributed by atoms with E-state index in [1.165, 1.54) is 257 Å². The summed E-state index contributed by atoms with van der Waals surface area (Å²) in [6.45, 7) is 3.99. The van der Waals surface area contributed by atoms with Crippen molar-refractivity contribution >= 4 is 5.91 Å². The van der Waals surface area contributed by atoms with Crippen LogP contribution in [0.4, 0.5) is 0 Å². The third kappa shape index (κ3) is 49.8. The van der Waals surface area contributed by atoms with Crippen molar-refractivity contribution < 1.29 is 25.2 Å². The van der Waals surface area contributed by atoms with E-state index in [-0.39, 0.29) is 0 Å². The number of unbranched alkanes of at least 4 members (excludes halogenated alkanes) is 44. The Bertz CT molecular complexity index is 1030. The zero-order chi connectivity index (χ0) is 49.5. The summed E-state index contributed by atoms with van der Waals surface area (Å²) in [5.74, 6) is -0.580. The summed E-state index contributed by atoms with van der Waals surface area (Å²) in [6, 6.07) is -0.985. The largest absolute Gasteiger partial charge is 0.394 e. The van der Waals surface area contributed by atoms with E-state index in [1.807, 2.05) is 0 Å². The number of carbonyl (C=O) groups excluding carboxylic acids is 1. The number of aliphatic hydroxyl groups is 4. The molecule has 0 aliphatic rings. The Hall–Kier alpha value is -1.21. The summed E-state index contributed by atoms with van der Waals surface area (Å²) >= 11 is 0. The van der Waals surface area contributed by atoms with Crippen LogP contribution < -0.4 is 5.32 Å². The second-order valence-electron chi connectivity index (χ2n) is 21.4. The molecule has 0 saturated carbocycles. The molecular weight excluding hydrogens is 839 g/mol. The lowest BCUT2D eigenvalue weighted by molar-refractivity contribution is -0.132. The summed E-state index contributed by atoms with van der Waals surface area (Å²) in [6.07, 6.45) is 69.9. The monoisotopic (exact) mass is 960 g/mol. The number of hydrogen-bond acceptors (Lipinski definition) is 5. The van der Waals surface area contributed by atoms with E-state index in [0.717, 1.165) is 51.4 Å². The number of nitrogens with one attached hydrogen (secondary N) is 1. The summed E-state index contributed by atoms with van der Waals surface area (Å²) in [7, 11) is 0. The third-order valence-electron chi connectivity index (χ3n) is 14.7. The zero-order valence-electron chi connectivity index (χ0n) is 45.9. The molecule has 0 aromatic rings. The van der Waals surface area contributed by atoms with E-state index < -0.39 is 36.9 Å². The number of allylic oxidation sites excluding steroid dienone is 4. The van der Waals surface area contributed by atoms with Gasteiger partial charge in [-0.1, -0.05) is 321 Å². The molecule has 0 spiro atoms. The molecule has 6 nitrogen and oxygen atoms in total. The Morgan fingerprint density at radius 1 is 0.382 bits per heavy atom. The lowest BCUT2D eigenvalue weighted by atomic mass is 9.99. The molecule has 4 unspecified atom stereocenters. The van der Waals surface area contributed by atoms with Crippen LogP contribution in [-0.2, 0) is 4.79 Å². The van der Waals surface area contributed by atoms with E-state index >= 15 is 0 Å². The smallest absolute Gasteiger partial charge is 0.249 e. The van der Waals surface area contributed by atoms with Gasteiger partial charge < -0.3 is 25.7 Å². The summed E-state index contributed by atoms with van der Waals surface area (Å²) in [4.78, 5) is 12.6. The molecule has 0 aliphatic carbocycles. The van der Waals surface area contributed by atoms with E-state index in [4.69, 9.17) is 0 Å². The molecule has 0 bridgehead atoms. The first-order chi connectivity index (χ1) is 33.5. The van der Waals surface area contributed by atoms with Gasteiger partial charge in [0.2, 0.25) is 5.91 Å². The molecule has 0 aromatic carbocycles.